The summed E-state index contributed by atoms with van der Waals surface area (Å²) in [4.78, 5) is 12.2. The van der Waals surface area contributed by atoms with Crippen LogP contribution >= 0.6 is 0 Å². The number of aryl methyl sites for hydroxylation is 1. The summed E-state index contributed by atoms with van der Waals surface area (Å²) in [6.07, 6.45) is 4.50. The van der Waals surface area contributed by atoms with Crippen molar-refractivity contribution in [3.63, 3.8) is 0 Å². The van der Waals surface area contributed by atoms with Gasteiger partial charge in [0, 0.05) is 13.2 Å². The van der Waals surface area contributed by atoms with Gasteiger partial charge in [-0.1, -0.05) is 6.42 Å². The molecule has 0 radical (unpaired) electrons. The van der Waals surface area contributed by atoms with E-state index in [1.54, 1.807) is 6.92 Å². The molecule has 2 heterocycles. The third-order valence-electron chi connectivity index (χ3n) is 4.33. The summed E-state index contributed by atoms with van der Waals surface area (Å²) in [5, 5.41) is 13.2. The SMILES string of the molecule is Cc1n[nH]nc1C(=O)N[C@@H]1CCOC[C@H]1OCC1CCC1. The van der Waals surface area contributed by atoms with Crippen molar-refractivity contribution in [3.05, 3.63) is 11.4 Å². The average Bonchev–Trinajstić information content (AvgIpc) is 2.85. The van der Waals surface area contributed by atoms with Gasteiger partial charge in [0.25, 0.3) is 5.91 Å². The third kappa shape index (κ3) is 3.41. The Balaban J connectivity index is 1.55. The second kappa shape index (κ2) is 6.53. The van der Waals surface area contributed by atoms with Crippen molar-refractivity contribution in [3.8, 4) is 0 Å². The molecule has 1 amide bonds. The molecule has 1 aliphatic heterocycles. The Kier molecular flexibility index (Phi) is 4.50. The van der Waals surface area contributed by atoms with Crippen LogP contribution in [0.4, 0.5) is 0 Å². The Morgan fingerprint density at radius 3 is 2.95 bits per heavy atom. The Morgan fingerprint density at radius 2 is 2.29 bits per heavy atom. The van der Waals surface area contributed by atoms with Crippen molar-refractivity contribution < 1.29 is 14.3 Å². The molecule has 0 spiro atoms. The predicted octanol–water partition coefficient (Wildman–Crippen LogP) is 0.817. The quantitative estimate of drug-likeness (QED) is 0.839. The maximum atomic E-state index is 12.2. The van der Waals surface area contributed by atoms with Crippen molar-refractivity contribution in [1.82, 2.24) is 20.7 Å². The number of nitrogens with one attached hydrogen (secondary N) is 2. The maximum absolute atomic E-state index is 12.2. The summed E-state index contributed by atoms with van der Waals surface area (Å²) in [5.41, 5.74) is 0.950. The molecule has 0 unspecified atom stereocenters. The Labute approximate surface area is 123 Å². The lowest BCUT2D eigenvalue weighted by Crippen LogP contribution is -2.50. The van der Waals surface area contributed by atoms with Gasteiger partial charge in [-0.3, -0.25) is 4.79 Å². The highest BCUT2D eigenvalue weighted by Crippen LogP contribution is 2.27. The zero-order valence-electron chi connectivity index (χ0n) is 12.3. The second-order valence-corrected chi connectivity index (χ2v) is 5.87. The minimum absolute atomic E-state index is 0.0255. The summed E-state index contributed by atoms with van der Waals surface area (Å²) >= 11 is 0. The lowest BCUT2D eigenvalue weighted by Gasteiger charge is -2.34. The van der Waals surface area contributed by atoms with Crippen LogP contribution in [0.25, 0.3) is 0 Å². The van der Waals surface area contributed by atoms with E-state index in [-0.39, 0.29) is 18.1 Å². The van der Waals surface area contributed by atoms with Gasteiger partial charge in [0.1, 0.15) is 6.10 Å². The highest BCUT2D eigenvalue weighted by atomic mass is 16.5. The maximum Gasteiger partial charge on any atom is 0.274 e. The molecule has 2 aliphatic rings. The number of carbonyl (C=O) groups is 1. The van der Waals surface area contributed by atoms with Crippen LogP contribution in [0, 0.1) is 12.8 Å². The normalized spacial score (nSPS) is 26.3. The molecule has 0 aromatic carbocycles. The first-order chi connectivity index (χ1) is 10.2. The monoisotopic (exact) mass is 294 g/mol. The van der Waals surface area contributed by atoms with Gasteiger partial charge in [0.15, 0.2) is 5.69 Å². The van der Waals surface area contributed by atoms with Gasteiger partial charge in [-0.15, -0.1) is 0 Å². The average molecular weight is 294 g/mol. The number of rotatable bonds is 5. The van der Waals surface area contributed by atoms with E-state index in [2.05, 4.69) is 20.7 Å². The van der Waals surface area contributed by atoms with Crippen molar-refractivity contribution in [2.24, 2.45) is 5.92 Å². The Morgan fingerprint density at radius 1 is 1.43 bits per heavy atom. The lowest BCUT2D eigenvalue weighted by molar-refractivity contribution is -0.0819. The second-order valence-electron chi connectivity index (χ2n) is 5.87. The number of amides is 1. The zero-order valence-corrected chi connectivity index (χ0v) is 12.3. The van der Waals surface area contributed by atoms with E-state index >= 15 is 0 Å². The summed E-state index contributed by atoms with van der Waals surface area (Å²) < 4.78 is 11.4. The molecule has 1 aliphatic carbocycles. The van der Waals surface area contributed by atoms with E-state index in [1.165, 1.54) is 19.3 Å². The summed E-state index contributed by atoms with van der Waals surface area (Å²) in [5.74, 6) is 0.478. The number of aromatic nitrogens is 3. The Bertz CT molecular complexity index is 486. The first kappa shape index (κ1) is 14.5. The van der Waals surface area contributed by atoms with Gasteiger partial charge in [0.05, 0.1) is 18.3 Å². The number of hydrogen-bond donors (Lipinski definition) is 2. The molecular weight excluding hydrogens is 272 g/mol. The molecule has 2 atom stereocenters. The van der Waals surface area contributed by atoms with Gasteiger partial charge in [-0.25, -0.2) is 0 Å². The van der Waals surface area contributed by atoms with Crippen molar-refractivity contribution >= 4 is 5.91 Å². The largest absolute Gasteiger partial charge is 0.379 e. The van der Waals surface area contributed by atoms with Gasteiger partial charge in [0.2, 0.25) is 0 Å². The van der Waals surface area contributed by atoms with Crippen LogP contribution in [-0.2, 0) is 9.47 Å². The highest BCUT2D eigenvalue weighted by Gasteiger charge is 2.30. The summed E-state index contributed by atoms with van der Waals surface area (Å²) in [6, 6.07) is -0.0255. The van der Waals surface area contributed by atoms with Crippen molar-refractivity contribution in [2.75, 3.05) is 19.8 Å². The van der Waals surface area contributed by atoms with E-state index in [0.717, 1.165) is 13.0 Å². The fourth-order valence-electron chi connectivity index (χ4n) is 2.70. The number of ether oxygens (including phenoxy) is 2. The van der Waals surface area contributed by atoms with E-state index in [9.17, 15) is 4.79 Å². The molecule has 7 nitrogen and oxygen atoms in total. The van der Waals surface area contributed by atoms with Crippen molar-refractivity contribution in [2.45, 2.75) is 44.8 Å². The number of aromatic amines is 1. The van der Waals surface area contributed by atoms with Crippen LogP contribution in [0.2, 0.25) is 0 Å². The lowest BCUT2D eigenvalue weighted by atomic mass is 9.86. The van der Waals surface area contributed by atoms with Crippen molar-refractivity contribution in [1.29, 1.82) is 0 Å². The Hall–Kier alpha value is -1.47. The molecule has 1 saturated carbocycles. The van der Waals surface area contributed by atoms with Gasteiger partial charge < -0.3 is 14.8 Å². The third-order valence-corrected chi connectivity index (χ3v) is 4.33. The fourth-order valence-corrected chi connectivity index (χ4v) is 2.70. The first-order valence-electron chi connectivity index (χ1n) is 7.61. The minimum atomic E-state index is -0.203. The molecule has 0 bridgehead atoms. The van der Waals surface area contributed by atoms with Crippen LogP contribution in [-0.4, -0.2) is 53.3 Å². The van der Waals surface area contributed by atoms with E-state index in [0.29, 0.717) is 30.5 Å². The standard InChI is InChI=1S/C14H22N4O3/c1-9-13(17-18-16-9)14(19)15-11-5-6-20-8-12(11)21-7-10-3-2-4-10/h10-12H,2-8H2,1H3,(H,15,19)(H,16,17,18)/t11-,12-/m1/s1. The molecule has 1 aromatic rings. The predicted molar refractivity (Wildman–Crippen MR) is 74.9 cm³/mol. The molecular formula is C14H22N4O3. The summed E-state index contributed by atoms with van der Waals surface area (Å²) in [6.45, 7) is 3.71. The molecule has 2 N–H and O–H groups in total. The van der Waals surface area contributed by atoms with E-state index in [4.69, 9.17) is 9.47 Å². The van der Waals surface area contributed by atoms with Gasteiger partial charge in [-0.05, 0) is 32.1 Å². The summed E-state index contributed by atoms with van der Waals surface area (Å²) in [7, 11) is 0. The fraction of sp³-hybridized carbons (Fsp3) is 0.786. The van der Waals surface area contributed by atoms with Gasteiger partial charge >= 0.3 is 0 Å². The van der Waals surface area contributed by atoms with Gasteiger partial charge in [-0.2, -0.15) is 15.4 Å². The van der Waals surface area contributed by atoms with E-state index in [1.807, 2.05) is 0 Å². The highest BCUT2D eigenvalue weighted by molar-refractivity contribution is 5.93. The minimum Gasteiger partial charge on any atom is -0.379 e. The first-order valence-corrected chi connectivity index (χ1v) is 7.61. The van der Waals surface area contributed by atoms with Crippen LogP contribution < -0.4 is 5.32 Å². The molecule has 21 heavy (non-hydrogen) atoms. The molecule has 3 rings (SSSR count). The number of H-pyrrole nitrogens is 1. The smallest absolute Gasteiger partial charge is 0.274 e. The number of hydrogen-bond acceptors (Lipinski definition) is 5. The zero-order chi connectivity index (χ0) is 14.7. The topological polar surface area (TPSA) is 89.1 Å². The molecule has 1 aromatic heterocycles. The van der Waals surface area contributed by atoms with Crippen LogP contribution in [0.5, 0.6) is 0 Å². The molecule has 1 saturated heterocycles. The number of nitrogens with zero attached hydrogens (tertiary/aromatic N) is 2. The number of carbonyl (C=O) groups excluding carboxylic acids is 1. The molecule has 116 valence electrons. The van der Waals surface area contributed by atoms with Crippen LogP contribution in [0.1, 0.15) is 41.9 Å². The van der Waals surface area contributed by atoms with Crippen LogP contribution in [0.15, 0.2) is 0 Å². The molecule has 7 heteroatoms. The van der Waals surface area contributed by atoms with E-state index < -0.39 is 0 Å². The van der Waals surface area contributed by atoms with Crippen LogP contribution in [0.3, 0.4) is 0 Å². The molecule has 2 fully saturated rings.